The van der Waals surface area contributed by atoms with Crippen molar-refractivity contribution in [3.05, 3.63) is 101 Å². The number of amides is 2. The molecule has 5 nitrogen and oxygen atoms in total. The van der Waals surface area contributed by atoms with Crippen LogP contribution in [0.1, 0.15) is 61.8 Å². The molecule has 3 aromatic rings. The minimum absolute atomic E-state index is 0.122. The molecule has 5 heteroatoms. The summed E-state index contributed by atoms with van der Waals surface area (Å²) in [4.78, 5) is 39.9. The Hall–Kier alpha value is -3.99. The first-order valence-corrected chi connectivity index (χ1v) is 12.1. The number of carbonyl (C=O) groups excluding carboxylic acids is 3. The van der Waals surface area contributed by atoms with Crippen molar-refractivity contribution in [3.63, 3.8) is 0 Å². The monoisotopic (exact) mass is 481 g/mol. The fourth-order valence-electron chi connectivity index (χ4n) is 4.54. The van der Waals surface area contributed by atoms with Crippen LogP contribution in [0.25, 0.3) is 11.1 Å². The number of hydrogen-bond donors (Lipinski definition) is 0. The molecule has 0 unspecified atom stereocenters. The molecule has 0 N–H and O–H groups in total. The van der Waals surface area contributed by atoms with Gasteiger partial charge in [-0.3, -0.25) is 4.79 Å². The maximum atomic E-state index is 13.9. The molecule has 4 rings (SSSR count). The van der Waals surface area contributed by atoms with Crippen LogP contribution >= 0.6 is 0 Å². The largest absolute Gasteiger partial charge is 0.443 e. The number of allylic oxidation sites excluding steroid dienone is 1. The van der Waals surface area contributed by atoms with E-state index >= 15 is 0 Å². The van der Waals surface area contributed by atoms with Crippen molar-refractivity contribution in [2.75, 3.05) is 4.90 Å². The van der Waals surface area contributed by atoms with E-state index in [4.69, 9.17) is 4.74 Å². The first-order valence-electron chi connectivity index (χ1n) is 12.1. The fraction of sp³-hybridized carbons (Fsp3) is 0.258. The molecule has 1 atom stereocenters. The molecule has 36 heavy (non-hydrogen) atoms. The summed E-state index contributed by atoms with van der Waals surface area (Å²) in [7, 11) is 0. The van der Waals surface area contributed by atoms with E-state index in [9.17, 15) is 14.4 Å². The van der Waals surface area contributed by atoms with Gasteiger partial charge in [0.1, 0.15) is 11.9 Å². The van der Waals surface area contributed by atoms with E-state index < -0.39 is 17.6 Å². The summed E-state index contributed by atoms with van der Waals surface area (Å²) in [6, 6.07) is 25.1. The van der Waals surface area contributed by atoms with Crippen molar-refractivity contribution >= 4 is 35.1 Å². The Labute approximate surface area is 212 Å². The van der Waals surface area contributed by atoms with Gasteiger partial charge in [-0.1, -0.05) is 78.4 Å². The van der Waals surface area contributed by atoms with Crippen molar-refractivity contribution in [1.82, 2.24) is 0 Å². The summed E-state index contributed by atoms with van der Waals surface area (Å²) in [5, 5.41) is 0. The summed E-state index contributed by atoms with van der Waals surface area (Å²) in [5.74, 6) is -0.540. The highest BCUT2D eigenvalue weighted by Gasteiger charge is 2.41. The minimum Gasteiger partial charge on any atom is -0.443 e. The smallest absolute Gasteiger partial charge is 0.422 e. The molecule has 1 heterocycles. The quantitative estimate of drug-likeness (QED) is 0.282. The van der Waals surface area contributed by atoms with Crippen LogP contribution in [-0.4, -0.2) is 23.9 Å². The van der Waals surface area contributed by atoms with Gasteiger partial charge in [-0.05, 0) is 62.8 Å². The van der Waals surface area contributed by atoms with Crippen LogP contribution < -0.4 is 4.90 Å². The molecule has 2 amide bonds. The standard InChI is InChI=1S/C31H31NO4/c1-21-14-16-23(17-15-21)26(20-24(18-19-33)22-10-6-5-7-11-22)28-25-12-8-9-13-27(25)32(29(28)34)30(35)36-31(2,3)4/h5-17,19,24H,18,20H2,1-4H3/b28-26+/t24-/m1/s1. The van der Waals surface area contributed by atoms with Crippen molar-refractivity contribution < 1.29 is 19.1 Å². The molecule has 0 fully saturated rings. The SMILES string of the molecule is Cc1ccc(/C(C[C@@H](CC=O)c2ccccc2)=C2/C(=O)N(C(=O)OC(C)(C)C)c3ccccc32)cc1. The van der Waals surface area contributed by atoms with Gasteiger partial charge in [0.2, 0.25) is 0 Å². The zero-order valence-electron chi connectivity index (χ0n) is 21.2. The topological polar surface area (TPSA) is 63.7 Å². The number of aldehydes is 1. The first kappa shape index (κ1) is 25.1. The zero-order chi connectivity index (χ0) is 25.9. The highest BCUT2D eigenvalue weighted by atomic mass is 16.6. The summed E-state index contributed by atoms with van der Waals surface area (Å²) >= 11 is 0. The van der Waals surface area contributed by atoms with Crippen molar-refractivity contribution in [2.45, 2.75) is 52.1 Å². The number of hydrogen-bond acceptors (Lipinski definition) is 4. The van der Waals surface area contributed by atoms with Gasteiger partial charge >= 0.3 is 6.09 Å². The number of ether oxygens (including phenoxy) is 1. The molecular weight excluding hydrogens is 450 g/mol. The second-order valence-electron chi connectivity index (χ2n) is 10.1. The highest BCUT2D eigenvalue weighted by molar-refractivity contribution is 6.42. The Morgan fingerprint density at radius 1 is 0.944 bits per heavy atom. The Morgan fingerprint density at radius 3 is 2.22 bits per heavy atom. The first-order chi connectivity index (χ1) is 17.2. The lowest BCUT2D eigenvalue weighted by atomic mass is 9.83. The van der Waals surface area contributed by atoms with Gasteiger partial charge < -0.3 is 9.53 Å². The van der Waals surface area contributed by atoms with E-state index in [0.717, 1.165) is 33.4 Å². The summed E-state index contributed by atoms with van der Waals surface area (Å²) in [6.45, 7) is 7.33. The Morgan fingerprint density at radius 2 is 1.58 bits per heavy atom. The molecule has 0 aromatic heterocycles. The van der Waals surface area contributed by atoms with Gasteiger partial charge in [0.25, 0.3) is 5.91 Å². The predicted octanol–water partition coefficient (Wildman–Crippen LogP) is 6.95. The van der Waals surface area contributed by atoms with Gasteiger partial charge in [-0.15, -0.1) is 0 Å². The van der Waals surface area contributed by atoms with Crippen LogP contribution in [-0.2, 0) is 14.3 Å². The van der Waals surface area contributed by atoms with E-state index in [-0.39, 0.29) is 5.92 Å². The van der Waals surface area contributed by atoms with Crippen LogP contribution in [0.4, 0.5) is 10.5 Å². The number of carbonyl (C=O) groups is 3. The molecule has 184 valence electrons. The van der Waals surface area contributed by atoms with E-state index in [1.807, 2.05) is 73.7 Å². The number of benzene rings is 3. The molecule has 1 aliphatic rings. The minimum atomic E-state index is -0.749. The van der Waals surface area contributed by atoms with Crippen LogP contribution in [0, 0.1) is 6.92 Å². The van der Waals surface area contributed by atoms with Crippen LogP contribution in [0.2, 0.25) is 0 Å². The summed E-state index contributed by atoms with van der Waals surface area (Å²) in [5.41, 5.74) is 4.71. The van der Waals surface area contributed by atoms with Crippen molar-refractivity contribution in [3.8, 4) is 0 Å². The summed E-state index contributed by atoms with van der Waals surface area (Å²) in [6.07, 6.45) is 0.999. The van der Waals surface area contributed by atoms with Crippen LogP contribution in [0.5, 0.6) is 0 Å². The zero-order valence-corrected chi connectivity index (χ0v) is 21.2. The number of imide groups is 1. The van der Waals surface area contributed by atoms with Gasteiger partial charge in [0.05, 0.1) is 11.3 Å². The molecule has 0 bridgehead atoms. The molecule has 0 radical (unpaired) electrons. The maximum absolute atomic E-state index is 13.9. The van der Waals surface area contributed by atoms with E-state index in [1.54, 1.807) is 32.9 Å². The molecular formula is C31H31NO4. The van der Waals surface area contributed by atoms with Crippen LogP contribution in [0.3, 0.4) is 0 Å². The highest BCUT2D eigenvalue weighted by Crippen LogP contribution is 2.44. The normalized spacial score (nSPS) is 15.3. The Bertz CT molecular complexity index is 1300. The van der Waals surface area contributed by atoms with Gasteiger partial charge in [0, 0.05) is 12.0 Å². The number of aryl methyl sites for hydroxylation is 1. The average Bonchev–Trinajstić information content (AvgIpc) is 3.13. The van der Waals surface area contributed by atoms with E-state index in [0.29, 0.717) is 29.7 Å². The number of para-hydroxylation sites is 1. The van der Waals surface area contributed by atoms with Crippen molar-refractivity contribution in [2.24, 2.45) is 0 Å². The van der Waals surface area contributed by atoms with Crippen LogP contribution in [0.15, 0.2) is 78.9 Å². The lowest BCUT2D eigenvalue weighted by Crippen LogP contribution is -2.38. The Kier molecular flexibility index (Phi) is 7.20. The predicted molar refractivity (Wildman–Crippen MR) is 143 cm³/mol. The molecule has 3 aromatic carbocycles. The van der Waals surface area contributed by atoms with Gasteiger partial charge in [-0.25, -0.2) is 9.69 Å². The lowest BCUT2D eigenvalue weighted by molar-refractivity contribution is -0.112. The lowest BCUT2D eigenvalue weighted by Gasteiger charge is -2.24. The third-order valence-electron chi connectivity index (χ3n) is 6.21. The number of anilines is 1. The van der Waals surface area contributed by atoms with Crippen molar-refractivity contribution in [1.29, 1.82) is 0 Å². The fourth-order valence-corrected chi connectivity index (χ4v) is 4.54. The molecule has 0 saturated heterocycles. The third kappa shape index (κ3) is 5.30. The second-order valence-corrected chi connectivity index (χ2v) is 10.1. The number of rotatable bonds is 6. The number of nitrogens with zero attached hydrogens (tertiary/aromatic N) is 1. The molecule has 0 saturated carbocycles. The molecule has 1 aliphatic heterocycles. The molecule has 0 spiro atoms. The second kappa shape index (κ2) is 10.3. The van der Waals surface area contributed by atoms with Gasteiger partial charge in [0.15, 0.2) is 0 Å². The average molecular weight is 482 g/mol. The Balaban J connectivity index is 1.90. The molecule has 0 aliphatic carbocycles. The third-order valence-corrected chi connectivity index (χ3v) is 6.21. The van der Waals surface area contributed by atoms with E-state index in [1.165, 1.54) is 0 Å². The number of fused-ring (bicyclic) bond motifs is 1. The maximum Gasteiger partial charge on any atom is 0.422 e. The summed E-state index contributed by atoms with van der Waals surface area (Å²) < 4.78 is 5.58. The van der Waals surface area contributed by atoms with Gasteiger partial charge in [-0.2, -0.15) is 0 Å². The van der Waals surface area contributed by atoms with E-state index in [2.05, 4.69) is 0 Å².